The predicted octanol–water partition coefficient (Wildman–Crippen LogP) is 0.903. The van der Waals surface area contributed by atoms with Gasteiger partial charge in [-0.25, -0.2) is 0 Å². The van der Waals surface area contributed by atoms with Crippen molar-refractivity contribution < 1.29 is 9.53 Å². The molecule has 0 atom stereocenters. The Labute approximate surface area is 109 Å². The Morgan fingerprint density at radius 2 is 1.72 bits per heavy atom. The third-order valence-corrected chi connectivity index (χ3v) is 5.05. The first kappa shape index (κ1) is 12.4. The van der Waals surface area contributed by atoms with Crippen molar-refractivity contribution in [3.8, 4) is 0 Å². The summed E-state index contributed by atoms with van der Waals surface area (Å²) in [5, 5.41) is 3.22. The second kappa shape index (κ2) is 5.17. The molecule has 4 saturated carbocycles. The fourth-order valence-corrected chi connectivity index (χ4v) is 4.64. The standard InChI is InChI=1S/C14H24N2O2/c15-1-2-18-8-13(17)16-14-11-4-9-3-10(6-11)7-12(14)5-9/h9-12,14H,1-8,15H2,(H,16,17). The van der Waals surface area contributed by atoms with Gasteiger partial charge in [0.25, 0.3) is 0 Å². The lowest BCUT2D eigenvalue weighted by molar-refractivity contribution is -0.129. The van der Waals surface area contributed by atoms with Gasteiger partial charge in [-0.05, 0) is 55.8 Å². The average molecular weight is 252 g/mol. The summed E-state index contributed by atoms with van der Waals surface area (Å²) in [4.78, 5) is 11.8. The normalized spacial score (nSPS) is 41.1. The quantitative estimate of drug-likeness (QED) is 0.715. The lowest BCUT2D eigenvalue weighted by Gasteiger charge is -2.54. The molecule has 4 bridgehead atoms. The Kier molecular flexibility index (Phi) is 3.57. The summed E-state index contributed by atoms with van der Waals surface area (Å²) in [7, 11) is 0. The first-order chi connectivity index (χ1) is 8.76. The number of amides is 1. The number of hydrogen-bond donors (Lipinski definition) is 2. The molecule has 3 N–H and O–H groups in total. The number of rotatable bonds is 5. The second-order valence-electron chi connectivity index (χ2n) is 6.37. The van der Waals surface area contributed by atoms with Crippen molar-refractivity contribution in [2.75, 3.05) is 19.8 Å². The van der Waals surface area contributed by atoms with Crippen LogP contribution < -0.4 is 11.1 Å². The molecule has 0 aromatic heterocycles. The zero-order valence-electron chi connectivity index (χ0n) is 10.9. The van der Waals surface area contributed by atoms with Crippen LogP contribution in [0.3, 0.4) is 0 Å². The van der Waals surface area contributed by atoms with E-state index in [0.29, 0.717) is 19.2 Å². The molecule has 102 valence electrons. The van der Waals surface area contributed by atoms with Crippen LogP contribution in [0.1, 0.15) is 32.1 Å². The SMILES string of the molecule is NCCOCC(=O)NC1C2CC3CC(C2)CC1C3. The monoisotopic (exact) mass is 252 g/mol. The number of hydrogen-bond acceptors (Lipinski definition) is 3. The molecule has 4 nitrogen and oxygen atoms in total. The van der Waals surface area contributed by atoms with Crippen molar-refractivity contribution in [3.05, 3.63) is 0 Å². The van der Waals surface area contributed by atoms with Crippen molar-refractivity contribution in [1.29, 1.82) is 0 Å². The van der Waals surface area contributed by atoms with Gasteiger partial charge in [-0.15, -0.1) is 0 Å². The Bertz CT molecular complexity index is 291. The predicted molar refractivity (Wildman–Crippen MR) is 68.8 cm³/mol. The van der Waals surface area contributed by atoms with Crippen LogP contribution in [0.15, 0.2) is 0 Å². The molecule has 4 fully saturated rings. The lowest BCUT2D eigenvalue weighted by atomic mass is 9.54. The molecule has 0 radical (unpaired) electrons. The maximum atomic E-state index is 11.8. The van der Waals surface area contributed by atoms with E-state index in [2.05, 4.69) is 5.32 Å². The average Bonchev–Trinajstić information content (AvgIpc) is 2.33. The van der Waals surface area contributed by atoms with Gasteiger partial charge in [0.1, 0.15) is 6.61 Å². The van der Waals surface area contributed by atoms with E-state index in [9.17, 15) is 4.79 Å². The summed E-state index contributed by atoms with van der Waals surface area (Å²) < 4.78 is 5.20. The molecule has 0 aromatic rings. The molecule has 4 heteroatoms. The molecule has 0 heterocycles. The molecule has 0 aliphatic heterocycles. The summed E-state index contributed by atoms with van der Waals surface area (Å²) in [6.45, 7) is 1.11. The number of carbonyl (C=O) groups is 1. The number of ether oxygens (including phenoxy) is 1. The third kappa shape index (κ3) is 2.41. The van der Waals surface area contributed by atoms with E-state index in [1.54, 1.807) is 0 Å². The van der Waals surface area contributed by atoms with Crippen molar-refractivity contribution in [2.24, 2.45) is 29.4 Å². The van der Waals surface area contributed by atoms with Gasteiger partial charge in [0, 0.05) is 12.6 Å². The zero-order chi connectivity index (χ0) is 12.5. The molecular formula is C14H24N2O2. The summed E-state index contributed by atoms with van der Waals surface area (Å²) >= 11 is 0. The summed E-state index contributed by atoms with van der Waals surface area (Å²) in [5.41, 5.74) is 5.34. The summed E-state index contributed by atoms with van der Waals surface area (Å²) in [6, 6.07) is 0.423. The zero-order valence-corrected chi connectivity index (χ0v) is 10.9. The smallest absolute Gasteiger partial charge is 0.246 e. The first-order valence-electron chi connectivity index (χ1n) is 7.33. The van der Waals surface area contributed by atoms with Crippen molar-refractivity contribution in [1.82, 2.24) is 5.32 Å². The summed E-state index contributed by atoms with van der Waals surface area (Å²) in [5.74, 6) is 3.42. The minimum Gasteiger partial charge on any atom is -0.370 e. The molecule has 18 heavy (non-hydrogen) atoms. The Balaban J connectivity index is 1.52. The summed E-state index contributed by atoms with van der Waals surface area (Å²) in [6.07, 6.45) is 6.79. The van der Waals surface area contributed by atoms with Crippen LogP contribution in [-0.2, 0) is 9.53 Å². The van der Waals surface area contributed by atoms with Crippen LogP contribution in [0.2, 0.25) is 0 Å². The van der Waals surface area contributed by atoms with Gasteiger partial charge in [0.05, 0.1) is 6.61 Å². The molecule has 4 aliphatic rings. The van der Waals surface area contributed by atoms with Gasteiger partial charge in [-0.3, -0.25) is 4.79 Å². The maximum Gasteiger partial charge on any atom is 0.246 e. The highest BCUT2D eigenvalue weighted by Gasteiger charge is 2.48. The third-order valence-electron chi connectivity index (χ3n) is 5.05. The largest absolute Gasteiger partial charge is 0.370 e. The number of nitrogens with two attached hydrogens (primary N) is 1. The van der Waals surface area contributed by atoms with Crippen molar-refractivity contribution >= 4 is 5.91 Å². The van der Waals surface area contributed by atoms with Crippen molar-refractivity contribution in [3.63, 3.8) is 0 Å². The molecule has 0 spiro atoms. The van der Waals surface area contributed by atoms with Crippen LogP contribution in [0.4, 0.5) is 0 Å². The van der Waals surface area contributed by atoms with Crippen molar-refractivity contribution in [2.45, 2.75) is 38.1 Å². The van der Waals surface area contributed by atoms with Gasteiger partial charge in [-0.1, -0.05) is 0 Å². The number of carbonyl (C=O) groups excluding carboxylic acids is 1. The van der Waals surface area contributed by atoms with E-state index >= 15 is 0 Å². The van der Waals surface area contributed by atoms with E-state index in [1.807, 2.05) is 0 Å². The Hall–Kier alpha value is -0.610. The molecular weight excluding hydrogens is 228 g/mol. The Morgan fingerprint density at radius 1 is 1.11 bits per heavy atom. The molecule has 1 amide bonds. The highest BCUT2D eigenvalue weighted by atomic mass is 16.5. The maximum absolute atomic E-state index is 11.8. The van der Waals surface area contributed by atoms with Gasteiger partial charge >= 0.3 is 0 Å². The van der Waals surface area contributed by atoms with E-state index in [1.165, 1.54) is 32.1 Å². The van der Waals surface area contributed by atoms with E-state index in [-0.39, 0.29) is 12.5 Å². The second-order valence-corrected chi connectivity index (χ2v) is 6.37. The van der Waals surface area contributed by atoms with Gasteiger partial charge in [0.2, 0.25) is 5.91 Å². The highest BCUT2D eigenvalue weighted by Crippen LogP contribution is 2.53. The highest BCUT2D eigenvalue weighted by molar-refractivity contribution is 5.77. The first-order valence-corrected chi connectivity index (χ1v) is 7.33. The Morgan fingerprint density at radius 3 is 2.28 bits per heavy atom. The fraction of sp³-hybridized carbons (Fsp3) is 0.929. The van der Waals surface area contributed by atoms with E-state index < -0.39 is 0 Å². The van der Waals surface area contributed by atoms with Crippen LogP contribution in [-0.4, -0.2) is 31.7 Å². The number of nitrogens with one attached hydrogen (secondary N) is 1. The van der Waals surface area contributed by atoms with Crippen LogP contribution >= 0.6 is 0 Å². The fourth-order valence-electron chi connectivity index (χ4n) is 4.64. The van der Waals surface area contributed by atoms with E-state index in [0.717, 1.165) is 23.7 Å². The molecule has 0 unspecified atom stereocenters. The molecule has 0 aromatic carbocycles. The van der Waals surface area contributed by atoms with Crippen LogP contribution in [0, 0.1) is 23.7 Å². The van der Waals surface area contributed by atoms with E-state index in [4.69, 9.17) is 10.5 Å². The minimum absolute atomic E-state index is 0.0425. The lowest BCUT2D eigenvalue weighted by Crippen LogP contribution is -2.56. The molecule has 4 aliphatic carbocycles. The minimum atomic E-state index is 0.0425. The molecule has 4 rings (SSSR count). The topological polar surface area (TPSA) is 64.3 Å². The van der Waals surface area contributed by atoms with Gasteiger partial charge in [0.15, 0.2) is 0 Å². The van der Waals surface area contributed by atoms with Crippen LogP contribution in [0.25, 0.3) is 0 Å². The van der Waals surface area contributed by atoms with Gasteiger partial charge in [-0.2, -0.15) is 0 Å². The van der Waals surface area contributed by atoms with Crippen LogP contribution in [0.5, 0.6) is 0 Å². The molecule has 0 saturated heterocycles. The van der Waals surface area contributed by atoms with Gasteiger partial charge < -0.3 is 15.8 Å².